The van der Waals surface area contributed by atoms with Crippen LogP contribution in [0.1, 0.15) is 5.56 Å². The maximum Gasteiger partial charge on any atom is 0.273 e. The van der Waals surface area contributed by atoms with Crippen LogP contribution in [-0.4, -0.2) is 25.8 Å². The highest BCUT2D eigenvalue weighted by molar-refractivity contribution is 6.45. The van der Waals surface area contributed by atoms with E-state index in [1.165, 1.54) is 7.11 Å². The summed E-state index contributed by atoms with van der Waals surface area (Å²) >= 11 is 0. The molecule has 27 heavy (non-hydrogen) atoms. The molecule has 0 fully saturated rings. The molecule has 5 nitrogen and oxygen atoms in total. The van der Waals surface area contributed by atoms with E-state index in [4.69, 9.17) is 9.57 Å². The third-order valence-corrected chi connectivity index (χ3v) is 3.96. The lowest BCUT2D eigenvalue weighted by Gasteiger charge is -2.12. The predicted molar refractivity (Wildman–Crippen MR) is 106 cm³/mol. The van der Waals surface area contributed by atoms with Crippen LogP contribution in [-0.2, 0) is 9.63 Å². The van der Waals surface area contributed by atoms with Gasteiger partial charge in [0, 0.05) is 7.05 Å². The normalized spacial score (nSPS) is 11.0. The summed E-state index contributed by atoms with van der Waals surface area (Å²) in [6.07, 6.45) is 0. The average molecular weight is 360 g/mol. The number of hydrogen-bond donors (Lipinski definition) is 1. The third-order valence-electron chi connectivity index (χ3n) is 3.96. The topological polar surface area (TPSA) is 59.9 Å². The lowest BCUT2D eigenvalue weighted by atomic mass is 10.1. The van der Waals surface area contributed by atoms with Crippen molar-refractivity contribution in [3.63, 3.8) is 0 Å². The molecule has 0 unspecified atom stereocenters. The Morgan fingerprint density at radius 3 is 2.15 bits per heavy atom. The number of para-hydroxylation sites is 1. The van der Waals surface area contributed by atoms with Gasteiger partial charge >= 0.3 is 0 Å². The molecule has 0 aromatic heterocycles. The van der Waals surface area contributed by atoms with E-state index in [9.17, 15) is 4.79 Å². The minimum atomic E-state index is -0.354. The van der Waals surface area contributed by atoms with Gasteiger partial charge in [-0.1, -0.05) is 59.8 Å². The molecular weight excluding hydrogens is 340 g/mol. The van der Waals surface area contributed by atoms with Gasteiger partial charge in [-0.2, -0.15) is 0 Å². The van der Waals surface area contributed by atoms with Crippen molar-refractivity contribution < 1.29 is 14.4 Å². The van der Waals surface area contributed by atoms with Crippen molar-refractivity contribution in [1.29, 1.82) is 0 Å². The Labute approximate surface area is 158 Å². The second-order valence-corrected chi connectivity index (χ2v) is 5.69. The van der Waals surface area contributed by atoms with Crippen molar-refractivity contribution in [3.8, 4) is 22.6 Å². The number of nitrogens with one attached hydrogen (secondary N) is 1. The number of likely N-dealkylation sites (N-methyl/N-ethyl adjacent to an activating group) is 1. The molecule has 5 heteroatoms. The van der Waals surface area contributed by atoms with Crippen molar-refractivity contribution in [2.45, 2.75) is 0 Å². The summed E-state index contributed by atoms with van der Waals surface area (Å²) in [5.41, 5.74) is 2.93. The fraction of sp³-hybridized carbons (Fsp3) is 0.0909. The Bertz CT molecular complexity index is 935. The predicted octanol–water partition coefficient (Wildman–Crippen LogP) is 4.24. The zero-order valence-corrected chi connectivity index (χ0v) is 15.2. The van der Waals surface area contributed by atoms with Crippen LogP contribution >= 0.6 is 0 Å². The van der Waals surface area contributed by atoms with E-state index in [1.54, 1.807) is 19.2 Å². The number of hydrogen-bond acceptors (Lipinski definition) is 4. The van der Waals surface area contributed by atoms with Crippen LogP contribution in [0.3, 0.4) is 0 Å². The average Bonchev–Trinajstić information content (AvgIpc) is 2.73. The summed E-state index contributed by atoms with van der Waals surface area (Å²) in [7, 11) is 2.94. The van der Waals surface area contributed by atoms with E-state index in [1.807, 2.05) is 54.6 Å². The molecule has 136 valence electrons. The highest BCUT2D eigenvalue weighted by Crippen LogP contribution is 2.28. The Morgan fingerprint density at radius 1 is 0.852 bits per heavy atom. The van der Waals surface area contributed by atoms with E-state index in [-0.39, 0.29) is 11.6 Å². The molecule has 0 spiro atoms. The number of carbonyl (C=O) groups is 1. The summed E-state index contributed by atoms with van der Waals surface area (Å²) in [5.74, 6) is 0.826. The maximum absolute atomic E-state index is 12.1. The van der Waals surface area contributed by atoms with Crippen LogP contribution in [0.4, 0.5) is 0 Å². The highest BCUT2D eigenvalue weighted by atomic mass is 16.6. The van der Waals surface area contributed by atoms with Crippen molar-refractivity contribution in [1.82, 2.24) is 5.32 Å². The fourth-order valence-corrected chi connectivity index (χ4v) is 2.65. The van der Waals surface area contributed by atoms with Gasteiger partial charge in [0.05, 0.1) is 5.56 Å². The molecule has 0 aliphatic rings. The molecule has 3 aromatic rings. The number of ether oxygens (including phenoxy) is 1. The summed E-state index contributed by atoms with van der Waals surface area (Å²) < 4.78 is 6.01. The van der Waals surface area contributed by atoms with Crippen LogP contribution in [0.2, 0.25) is 0 Å². The Kier molecular flexibility index (Phi) is 5.84. The first-order chi connectivity index (χ1) is 13.2. The number of benzene rings is 3. The van der Waals surface area contributed by atoms with Gasteiger partial charge in [-0.3, -0.25) is 4.79 Å². The molecule has 1 N–H and O–H groups in total. The van der Waals surface area contributed by atoms with E-state index < -0.39 is 0 Å². The molecule has 3 rings (SSSR count). The second kappa shape index (κ2) is 8.67. The first-order valence-corrected chi connectivity index (χ1v) is 8.49. The van der Waals surface area contributed by atoms with Crippen LogP contribution in [0.25, 0.3) is 11.1 Å². The van der Waals surface area contributed by atoms with E-state index in [0.717, 1.165) is 11.1 Å². The molecule has 0 bridgehead atoms. The Morgan fingerprint density at radius 2 is 1.48 bits per heavy atom. The first kappa shape index (κ1) is 18.2. The lowest BCUT2D eigenvalue weighted by molar-refractivity contribution is -0.114. The Hall–Kier alpha value is -3.60. The smallest absolute Gasteiger partial charge is 0.273 e. The van der Waals surface area contributed by atoms with Crippen molar-refractivity contribution in [2.75, 3.05) is 14.2 Å². The van der Waals surface area contributed by atoms with Gasteiger partial charge in [0.25, 0.3) is 5.91 Å². The van der Waals surface area contributed by atoms with Crippen LogP contribution in [0, 0.1) is 0 Å². The van der Waals surface area contributed by atoms with Gasteiger partial charge in [-0.15, -0.1) is 0 Å². The highest BCUT2D eigenvalue weighted by Gasteiger charge is 2.18. The van der Waals surface area contributed by atoms with Gasteiger partial charge < -0.3 is 14.9 Å². The molecular formula is C22H20N2O3. The summed E-state index contributed by atoms with van der Waals surface area (Å²) in [4.78, 5) is 17.0. The van der Waals surface area contributed by atoms with Gasteiger partial charge in [-0.25, -0.2) is 0 Å². The van der Waals surface area contributed by atoms with E-state index in [0.29, 0.717) is 17.1 Å². The maximum atomic E-state index is 12.1. The van der Waals surface area contributed by atoms with E-state index in [2.05, 4.69) is 22.6 Å². The molecule has 0 aliphatic carbocycles. The van der Waals surface area contributed by atoms with Crippen LogP contribution in [0.5, 0.6) is 11.5 Å². The third kappa shape index (κ3) is 4.33. The molecule has 0 radical (unpaired) electrons. The second-order valence-electron chi connectivity index (χ2n) is 5.69. The first-order valence-electron chi connectivity index (χ1n) is 8.49. The monoisotopic (exact) mass is 360 g/mol. The van der Waals surface area contributed by atoms with E-state index >= 15 is 0 Å². The molecule has 0 saturated carbocycles. The number of amides is 1. The molecule has 0 aliphatic heterocycles. The Balaban J connectivity index is 1.88. The zero-order valence-electron chi connectivity index (χ0n) is 15.2. The fourth-order valence-electron chi connectivity index (χ4n) is 2.65. The van der Waals surface area contributed by atoms with Crippen molar-refractivity contribution in [2.24, 2.45) is 5.16 Å². The number of carbonyl (C=O) groups excluding carboxylic acids is 1. The van der Waals surface area contributed by atoms with Gasteiger partial charge in [0.2, 0.25) is 0 Å². The zero-order chi connectivity index (χ0) is 19.1. The van der Waals surface area contributed by atoms with Crippen LogP contribution in [0.15, 0.2) is 84.0 Å². The number of rotatable bonds is 6. The lowest BCUT2D eigenvalue weighted by Crippen LogP contribution is -2.28. The minimum absolute atomic E-state index is 0.150. The van der Waals surface area contributed by atoms with Gasteiger partial charge in [0.1, 0.15) is 18.6 Å². The number of oxime groups is 1. The number of nitrogens with zero attached hydrogens (tertiary/aromatic N) is 1. The van der Waals surface area contributed by atoms with Crippen molar-refractivity contribution >= 4 is 11.6 Å². The summed E-state index contributed by atoms with van der Waals surface area (Å²) in [5, 5.41) is 6.41. The SMILES string of the molecule is CNC(=O)/C(=N/OC)c1ccccc1Oc1ccc(-c2ccccc2)cc1. The van der Waals surface area contributed by atoms with Crippen molar-refractivity contribution in [3.05, 3.63) is 84.4 Å². The summed E-state index contributed by atoms with van der Waals surface area (Å²) in [6.45, 7) is 0. The molecule has 0 saturated heterocycles. The van der Waals surface area contributed by atoms with Crippen LogP contribution < -0.4 is 10.1 Å². The van der Waals surface area contributed by atoms with Gasteiger partial charge in [0.15, 0.2) is 5.71 Å². The quantitative estimate of drug-likeness (QED) is 0.528. The minimum Gasteiger partial charge on any atom is -0.457 e. The molecule has 0 atom stereocenters. The molecule has 3 aromatic carbocycles. The van der Waals surface area contributed by atoms with Gasteiger partial charge in [-0.05, 0) is 35.4 Å². The summed E-state index contributed by atoms with van der Waals surface area (Å²) in [6, 6.07) is 25.1. The molecule has 1 amide bonds. The largest absolute Gasteiger partial charge is 0.457 e. The molecule has 0 heterocycles. The standard InChI is InChI=1S/C22H20N2O3/c1-23-22(25)21(24-26-2)19-10-6-7-11-20(19)27-18-14-12-17(13-15-18)16-8-4-3-5-9-16/h3-15H,1-2H3,(H,23,25)/b24-21+.